The van der Waals surface area contributed by atoms with Gasteiger partial charge in [0.15, 0.2) is 0 Å². The van der Waals surface area contributed by atoms with Crippen molar-refractivity contribution in [3.8, 4) is 11.1 Å². The lowest BCUT2D eigenvalue weighted by atomic mass is 9.97. The van der Waals surface area contributed by atoms with Gasteiger partial charge in [0.1, 0.15) is 0 Å². The Hall–Kier alpha value is -2.54. The van der Waals surface area contributed by atoms with Gasteiger partial charge in [0.05, 0.1) is 0 Å². The first-order chi connectivity index (χ1) is 11.7. The zero-order chi connectivity index (χ0) is 16.9. The zero-order valence-electron chi connectivity index (χ0n) is 14.6. The van der Waals surface area contributed by atoms with Gasteiger partial charge in [-0.15, -0.1) is 0 Å². The van der Waals surface area contributed by atoms with Gasteiger partial charge in [-0.1, -0.05) is 62.0 Å². The van der Waals surface area contributed by atoms with E-state index in [0.29, 0.717) is 0 Å². The third-order valence-electron chi connectivity index (χ3n) is 4.52. The van der Waals surface area contributed by atoms with Crippen LogP contribution >= 0.6 is 0 Å². The maximum atomic E-state index is 4.24. The first kappa shape index (κ1) is 16.3. The van der Waals surface area contributed by atoms with E-state index in [9.17, 15) is 0 Å². The van der Waals surface area contributed by atoms with Crippen LogP contribution in [0.1, 0.15) is 31.4 Å². The average Bonchev–Trinajstić information content (AvgIpc) is 2.79. The molecule has 0 unspecified atom stereocenters. The molecule has 122 valence electrons. The predicted octanol–water partition coefficient (Wildman–Crippen LogP) is 5.75. The molecule has 0 aliphatic heterocycles. The number of rotatable bonds is 5. The second kappa shape index (κ2) is 7.35. The Morgan fingerprint density at radius 1 is 1.08 bits per heavy atom. The van der Waals surface area contributed by atoms with Crippen molar-refractivity contribution in [1.29, 1.82) is 0 Å². The minimum atomic E-state index is 0.959. The maximum Gasteiger partial charge on any atom is 0.0343 e. The zero-order valence-corrected chi connectivity index (χ0v) is 14.6. The van der Waals surface area contributed by atoms with Crippen LogP contribution in [-0.4, -0.2) is 6.54 Å². The summed E-state index contributed by atoms with van der Waals surface area (Å²) in [6.07, 6.45) is 6.66. The highest BCUT2D eigenvalue weighted by atomic mass is 14.9. The molecule has 0 amide bonds. The molecule has 1 nitrogen and oxygen atoms in total. The largest absolute Gasteiger partial charge is 0.385 e. The molecule has 0 heterocycles. The molecule has 0 spiro atoms. The molecule has 2 aromatic carbocycles. The lowest BCUT2D eigenvalue weighted by Crippen LogP contribution is -2.15. The van der Waals surface area contributed by atoms with Crippen LogP contribution in [0.25, 0.3) is 17.2 Å². The van der Waals surface area contributed by atoms with E-state index >= 15 is 0 Å². The van der Waals surface area contributed by atoms with Gasteiger partial charge in [-0.25, -0.2) is 0 Å². The summed E-state index contributed by atoms with van der Waals surface area (Å²) in [5.41, 5.74) is 8.70. The van der Waals surface area contributed by atoms with Crippen molar-refractivity contribution in [3.63, 3.8) is 0 Å². The number of allylic oxidation sites excluding steroid dienone is 2. The first-order valence-electron chi connectivity index (χ1n) is 8.69. The summed E-state index contributed by atoms with van der Waals surface area (Å²) >= 11 is 0. The molecule has 0 fully saturated rings. The van der Waals surface area contributed by atoms with Gasteiger partial charge in [0.25, 0.3) is 0 Å². The van der Waals surface area contributed by atoms with E-state index in [-0.39, 0.29) is 0 Å². The van der Waals surface area contributed by atoms with Gasteiger partial charge < -0.3 is 5.32 Å². The Morgan fingerprint density at radius 2 is 1.88 bits per heavy atom. The van der Waals surface area contributed by atoms with Crippen LogP contribution in [0.4, 0.5) is 0 Å². The molecule has 24 heavy (non-hydrogen) atoms. The first-order valence-corrected chi connectivity index (χ1v) is 8.69. The van der Waals surface area contributed by atoms with Crippen LogP contribution in [0, 0.1) is 0 Å². The summed E-state index contributed by atoms with van der Waals surface area (Å²) in [7, 11) is 0. The quantitative estimate of drug-likeness (QED) is 0.740. The number of hydrogen-bond donors (Lipinski definition) is 1. The Labute approximate surface area is 145 Å². The molecule has 2 aromatic rings. The maximum absolute atomic E-state index is 4.24. The summed E-state index contributed by atoms with van der Waals surface area (Å²) in [4.78, 5) is 0. The number of benzene rings is 2. The van der Waals surface area contributed by atoms with E-state index in [1.165, 1.54) is 33.4 Å². The van der Waals surface area contributed by atoms with Crippen molar-refractivity contribution >= 4 is 6.08 Å². The van der Waals surface area contributed by atoms with Crippen molar-refractivity contribution in [3.05, 3.63) is 89.2 Å². The summed E-state index contributed by atoms with van der Waals surface area (Å²) in [5.74, 6) is 0. The predicted molar refractivity (Wildman–Crippen MR) is 105 cm³/mol. The van der Waals surface area contributed by atoms with E-state index < -0.39 is 0 Å². The smallest absolute Gasteiger partial charge is 0.0343 e. The molecule has 0 radical (unpaired) electrons. The number of nitrogens with one attached hydrogen (secondary N) is 1. The highest BCUT2D eigenvalue weighted by Gasteiger charge is 2.12. The summed E-state index contributed by atoms with van der Waals surface area (Å²) in [6.45, 7) is 9.55. The second-order valence-corrected chi connectivity index (χ2v) is 6.33. The second-order valence-electron chi connectivity index (χ2n) is 6.33. The molecule has 0 bridgehead atoms. The van der Waals surface area contributed by atoms with E-state index in [1.54, 1.807) is 0 Å². The molecular formula is C23H25N. The van der Waals surface area contributed by atoms with Crippen LogP contribution in [-0.2, 0) is 6.42 Å². The van der Waals surface area contributed by atoms with Crippen molar-refractivity contribution < 1.29 is 0 Å². The molecule has 1 aliphatic carbocycles. The molecule has 3 rings (SSSR count). The van der Waals surface area contributed by atoms with Crippen LogP contribution < -0.4 is 5.32 Å². The topological polar surface area (TPSA) is 12.0 Å². The van der Waals surface area contributed by atoms with Crippen molar-refractivity contribution in [2.24, 2.45) is 0 Å². The Kier molecular flexibility index (Phi) is 5.00. The van der Waals surface area contributed by atoms with E-state index in [4.69, 9.17) is 0 Å². The monoisotopic (exact) mass is 315 g/mol. The van der Waals surface area contributed by atoms with Crippen LogP contribution in [0.3, 0.4) is 0 Å². The third-order valence-corrected chi connectivity index (χ3v) is 4.52. The minimum absolute atomic E-state index is 0.959. The van der Waals surface area contributed by atoms with Gasteiger partial charge in [-0.3, -0.25) is 0 Å². The SMILES string of the molecule is C=C(NCCC)C1=Cc2cc(-c3ccccc3)ccc2CC=C1C. The number of fused-ring (bicyclic) bond motifs is 1. The van der Waals surface area contributed by atoms with Crippen molar-refractivity contribution in [1.82, 2.24) is 5.32 Å². The van der Waals surface area contributed by atoms with Gasteiger partial charge >= 0.3 is 0 Å². The normalized spacial score (nSPS) is 13.4. The van der Waals surface area contributed by atoms with Gasteiger partial charge in [0, 0.05) is 17.8 Å². The van der Waals surface area contributed by atoms with E-state index in [2.05, 4.69) is 86.4 Å². The Bertz CT molecular complexity index is 794. The van der Waals surface area contributed by atoms with Crippen LogP contribution in [0.15, 0.2) is 78.0 Å². The Morgan fingerprint density at radius 3 is 2.62 bits per heavy atom. The van der Waals surface area contributed by atoms with Gasteiger partial charge in [0.2, 0.25) is 0 Å². The molecule has 1 aliphatic rings. The lowest BCUT2D eigenvalue weighted by molar-refractivity contribution is 0.780. The summed E-state index contributed by atoms with van der Waals surface area (Å²) < 4.78 is 0. The van der Waals surface area contributed by atoms with Gasteiger partial charge in [-0.2, -0.15) is 0 Å². The molecule has 0 atom stereocenters. The molecule has 1 N–H and O–H groups in total. The van der Waals surface area contributed by atoms with E-state index in [1.807, 2.05) is 0 Å². The van der Waals surface area contributed by atoms with Crippen LogP contribution in [0.5, 0.6) is 0 Å². The highest BCUT2D eigenvalue weighted by Crippen LogP contribution is 2.30. The Balaban J connectivity index is 2.00. The van der Waals surface area contributed by atoms with Crippen LogP contribution in [0.2, 0.25) is 0 Å². The molecule has 0 saturated carbocycles. The minimum Gasteiger partial charge on any atom is -0.385 e. The van der Waals surface area contributed by atoms with E-state index in [0.717, 1.165) is 25.1 Å². The molecule has 0 saturated heterocycles. The molecule has 1 heteroatoms. The summed E-state index contributed by atoms with van der Waals surface area (Å²) in [5, 5.41) is 3.43. The van der Waals surface area contributed by atoms with Crippen molar-refractivity contribution in [2.45, 2.75) is 26.7 Å². The van der Waals surface area contributed by atoms with Crippen molar-refractivity contribution in [2.75, 3.05) is 6.54 Å². The fraction of sp³-hybridized carbons (Fsp3) is 0.217. The molecular weight excluding hydrogens is 290 g/mol. The average molecular weight is 315 g/mol. The lowest BCUT2D eigenvalue weighted by Gasteiger charge is -2.13. The summed E-state index contributed by atoms with van der Waals surface area (Å²) in [6, 6.07) is 17.3. The highest BCUT2D eigenvalue weighted by molar-refractivity contribution is 5.73. The van der Waals surface area contributed by atoms with Gasteiger partial charge in [-0.05, 0) is 59.7 Å². The molecule has 0 aromatic heterocycles. The standard InChI is InChI=1S/C23H25N/c1-4-14-24-18(3)23-16-22-15-21(19-8-6-5-7-9-19)13-12-20(22)11-10-17(23)2/h5-10,12-13,15-16,24H,3-4,11,14H2,1-2H3. The third kappa shape index (κ3) is 3.51. The fourth-order valence-corrected chi connectivity index (χ4v) is 3.06. The fourth-order valence-electron chi connectivity index (χ4n) is 3.06. The number of hydrogen-bond acceptors (Lipinski definition) is 1.